The van der Waals surface area contributed by atoms with Gasteiger partial charge in [0.2, 0.25) is 5.91 Å². The van der Waals surface area contributed by atoms with Crippen LogP contribution in [-0.4, -0.2) is 26.9 Å². The van der Waals surface area contributed by atoms with E-state index < -0.39 is 0 Å². The summed E-state index contributed by atoms with van der Waals surface area (Å²) in [5.41, 5.74) is 1.97. The molecule has 4 rings (SSSR count). The van der Waals surface area contributed by atoms with Crippen LogP contribution < -0.4 is 0 Å². The van der Waals surface area contributed by atoms with Gasteiger partial charge in [-0.15, -0.1) is 0 Å². The van der Waals surface area contributed by atoms with Gasteiger partial charge in [0.05, 0.1) is 6.33 Å². The summed E-state index contributed by atoms with van der Waals surface area (Å²) >= 11 is 0. The maximum atomic E-state index is 13.4. The molecule has 1 aromatic heterocycles. The molecule has 0 radical (unpaired) electrons. The predicted octanol–water partition coefficient (Wildman–Crippen LogP) is 2.95. The molecular weight excluding hydrogens is 293 g/mol. The highest BCUT2D eigenvalue weighted by Crippen LogP contribution is 2.39. The number of benzene rings is 1. The average Bonchev–Trinajstić information content (AvgIpc) is 2.90. The largest absolute Gasteiger partial charge is 0.336 e. The molecule has 0 N–H and O–H groups in total. The molecule has 120 valence electrons. The summed E-state index contributed by atoms with van der Waals surface area (Å²) in [6.07, 6.45) is 7.85. The maximum absolute atomic E-state index is 13.4. The Hall–Kier alpha value is -2.17. The minimum Gasteiger partial charge on any atom is -0.336 e. The van der Waals surface area contributed by atoms with Crippen molar-refractivity contribution in [3.8, 4) is 0 Å². The number of amides is 1. The number of aromatic nitrogens is 2. The lowest BCUT2D eigenvalue weighted by Crippen LogP contribution is -2.40. The molecule has 2 heterocycles. The second kappa shape index (κ2) is 5.80. The molecule has 1 aliphatic carbocycles. The van der Waals surface area contributed by atoms with Crippen LogP contribution in [0.15, 0.2) is 36.8 Å². The van der Waals surface area contributed by atoms with Crippen LogP contribution in [0.4, 0.5) is 4.39 Å². The summed E-state index contributed by atoms with van der Waals surface area (Å²) < 4.78 is 15.5. The quantitative estimate of drug-likeness (QED) is 0.874. The molecule has 1 unspecified atom stereocenters. The van der Waals surface area contributed by atoms with Crippen molar-refractivity contribution in [1.29, 1.82) is 0 Å². The molecule has 1 aromatic carbocycles. The van der Waals surface area contributed by atoms with Crippen LogP contribution in [0, 0.1) is 11.7 Å². The molecule has 1 aliphatic heterocycles. The zero-order chi connectivity index (χ0) is 15.8. The van der Waals surface area contributed by atoms with Crippen molar-refractivity contribution in [1.82, 2.24) is 14.5 Å². The lowest BCUT2D eigenvalue weighted by atomic mass is 9.79. The van der Waals surface area contributed by atoms with E-state index >= 15 is 0 Å². The second-order valence-corrected chi connectivity index (χ2v) is 6.57. The third kappa shape index (κ3) is 2.64. The zero-order valence-electron chi connectivity index (χ0n) is 13.0. The topological polar surface area (TPSA) is 38.1 Å². The van der Waals surface area contributed by atoms with Crippen LogP contribution in [-0.2, 0) is 17.8 Å². The van der Waals surface area contributed by atoms with E-state index in [1.807, 2.05) is 17.2 Å². The summed E-state index contributed by atoms with van der Waals surface area (Å²) in [6, 6.07) is 6.38. The first-order chi connectivity index (χ1) is 11.2. The van der Waals surface area contributed by atoms with E-state index in [4.69, 9.17) is 0 Å². The summed E-state index contributed by atoms with van der Waals surface area (Å²) in [6.45, 7) is 1.13. The van der Waals surface area contributed by atoms with E-state index in [1.165, 1.54) is 18.6 Å². The Balaban J connectivity index is 1.62. The van der Waals surface area contributed by atoms with Gasteiger partial charge < -0.3 is 9.47 Å². The number of carbonyl (C=O) groups excluding carboxylic acids is 1. The highest BCUT2D eigenvalue weighted by atomic mass is 19.1. The van der Waals surface area contributed by atoms with Gasteiger partial charge in [-0.3, -0.25) is 4.79 Å². The van der Waals surface area contributed by atoms with Crippen molar-refractivity contribution in [3.05, 3.63) is 53.9 Å². The first-order valence-corrected chi connectivity index (χ1v) is 8.26. The van der Waals surface area contributed by atoms with Gasteiger partial charge in [0, 0.05) is 31.4 Å². The van der Waals surface area contributed by atoms with Crippen molar-refractivity contribution in [2.75, 3.05) is 6.54 Å². The first kappa shape index (κ1) is 14.4. The molecule has 0 saturated heterocycles. The number of hydrogen-bond acceptors (Lipinski definition) is 2. The van der Waals surface area contributed by atoms with Crippen LogP contribution in [0.5, 0.6) is 0 Å². The summed E-state index contributed by atoms with van der Waals surface area (Å²) in [5.74, 6) is 0.301. The van der Waals surface area contributed by atoms with E-state index in [0.717, 1.165) is 30.5 Å². The molecule has 1 saturated carbocycles. The van der Waals surface area contributed by atoms with Crippen molar-refractivity contribution in [2.45, 2.75) is 38.3 Å². The van der Waals surface area contributed by atoms with Gasteiger partial charge >= 0.3 is 0 Å². The van der Waals surface area contributed by atoms with Crippen LogP contribution in [0.1, 0.15) is 36.6 Å². The SMILES string of the molecule is O=C1C(C2CCC2)n2cncc2CCN1Cc1cccc(F)c1. The lowest BCUT2D eigenvalue weighted by molar-refractivity contribution is -0.137. The molecule has 2 aromatic rings. The summed E-state index contributed by atoms with van der Waals surface area (Å²) in [5, 5.41) is 0. The van der Waals surface area contributed by atoms with Gasteiger partial charge in [-0.05, 0) is 36.5 Å². The van der Waals surface area contributed by atoms with Gasteiger partial charge in [-0.1, -0.05) is 18.6 Å². The molecule has 0 bridgehead atoms. The number of nitrogens with zero attached hydrogens (tertiary/aromatic N) is 3. The fourth-order valence-corrected chi connectivity index (χ4v) is 3.64. The third-order valence-corrected chi connectivity index (χ3v) is 5.11. The molecule has 5 heteroatoms. The van der Waals surface area contributed by atoms with E-state index in [2.05, 4.69) is 9.55 Å². The second-order valence-electron chi connectivity index (χ2n) is 6.57. The predicted molar refractivity (Wildman–Crippen MR) is 84.1 cm³/mol. The summed E-state index contributed by atoms with van der Waals surface area (Å²) in [7, 11) is 0. The van der Waals surface area contributed by atoms with Crippen molar-refractivity contribution < 1.29 is 9.18 Å². The van der Waals surface area contributed by atoms with Crippen LogP contribution in [0.25, 0.3) is 0 Å². The minimum absolute atomic E-state index is 0.141. The monoisotopic (exact) mass is 313 g/mol. The smallest absolute Gasteiger partial charge is 0.246 e. The van der Waals surface area contributed by atoms with E-state index in [-0.39, 0.29) is 17.8 Å². The number of carbonyl (C=O) groups is 1. The minimum atomic E-state index is -0.254. The Kier molecular flexibility index (Phi) is 3.63. The standard InChI is InChI=1S/C18H20FN3O/c19-15-6-1-3-13(9-15)11-21-8-7-16-10-20-12-22(16)17(18(21)23)14-4-2-5-14/h1,3,6,9-10,12,14,17H,2,4-5,7-8,11H2. The maximum Gasteiger partial charge on any atom is 0.246 e. The highest BCUT2D eigenvalue weighted by molar-refractivity contribution is 5.81. The number of fused-ring (bicyclic) bond motifs is 1. The molecule has 4 nitrogen and oxygen atoms in total. The zero-order valence-corrected chi connectivity index (χ0v) is 13.0. The molecular formula is C18H20FN3O. The average molecular weight is 313 g/mol. The van der Waals surface area contributed by atoms with Gasteiger partial charge in [0.25, 0.3) is 0 Å². The van der Waals surface area contributed by atoms with Crippen molar-refractivity contribution >= 4 is 5.91 Å². The Morgan fingerprint density at radius 2 is 2.17 bits per heavy atom. The molecule has 23 heavy (non-hydrogen) atoms. The van der Waals surface area contributed by atoms with Crippen LogP contribution >= 0.6 is 0 Å². The summed E-state index contributed by atoms with van der Waals surface area (Å²) in [4.78, 5) is 19.2. The molecule has 1 amide bonds. The number of hydrogen-bond donors (Lipinski definition) is 0. The molecule has 1 atom stereocenters. The Labute approximate surface area is 134 Å². The molecule has 1 fully saturated rings. The first-order valence-electron chi connectivity index (χ1n) is 8.26. The van der Waals surface area contributed by atoms with Gasteiger partial charge in [-0.25, -0.2) is 9.37 Å². The van der Waals surface area contributed by atoms with E-state index in [1.54, 1.807) is 12.4 Å². The highest BCUT2D eigenvalue weighted by Gasteiger charge is 2.38. The van der Waals surface area contributed by atoms with Gasteiger partial charge in [0.15, 0.2) is 0 Å². The lowest BCUT2D eigenvalue weighted by Gasteiger charge is -2.35. The number of halogens is 1. The van der Waals surface area contributed by atoms with Crippen molar-refractivity contribution in [3.63, 3.8) is 0 Å². The third-order valence-electron chi connectivity index (χ3n) is 5.11. The fraction of sp³-hybridized carbons (Fsp3) is 0.444. The molecule has 2 aliphatic rings. The molecule has 0 spiro atoms. The normalized spacial score (nSPS) is 21.7. The number of rotatable bonds is 3. The Morgan fingerprint density at radius 1 is 1.30 bits per heavy atom. The Morgan fingerprint density at radius 3 is 2.91 bits per heavy atom. The van der Waals surface area contributed by atoms with Crippen LogP contribution in [0.3, 0.4) is 0 Å². The number of imidazole rings is 1. The van der Waals surface area contributed by atoms with Gasteiger partial charge in [0.1, 0.15) is 11.9 Å². The van der Waals surface area contributed by atoms with E-state index in [9.17, 15) is 9.18 Å². The van der Waals surface area contributed by atoms with E-state index in [0.29, 0.717) is 19.0 Å². The van der Waals surface area contributed by atoms with Gasteiger partial charge in [-0.2, -0.15) is 0 Å². The van der Waals surface area contributed by atoms with Crippen molar-refractivity contribution in [2.24, 2.45) is 5.92 Å². The Bertz CT molecular complexity index is 723. The van der Waals surface area contributed by atoms with Crippen LogP contribution in [0.2, 0.25) is 0 Å². The fourth-order valence-electron chi connectivity index (χ4n) is 3.64.